The van der Waals surface area contributed by atoms with Gasteiger partial charge in [-0.25, -0.2) is 4.98 Å². The second kappa shape index (κ2) is 4.07. The number of carbonyl (C=O) groups excluding carboxylic acids is 1. The van der Waals surface area contributed by atoms with Gasteiger partial charge in [0.1, 0.15) is 0 Å². The van der Waals surface area contributed by atoms with Crippen LogP contribution in [0.25, 0.3) is 0 Å². The van der Waals surface area contributed by atoms with Crippen LogP contribution in [0.4, 0.5) is 0 Å². The highest BCUT2D eigenvalue weighted by Gasteiger charge is 2.44. The summed E-state index contributed by atoms with van der Waals surface area (Å²) in [7, 11) is 0. The van der Waals surface area contributed by atoms with Crippen molar-refractivity contribution >= 4 is 17.2 Å². The lowest BCUT2D eigenvalue weighted by atomic mass is 9.86. The largest absolute Gasteiger partial charge is 0.336 e. The van der Waals surface area contributed by atoms with Crippen molar-refractivity contribution in [3.63, 3.8) is 0 Å². The Balaban J connectivity index is 1.70. The number of hydrogen-bond acceptors (Lipinski definition) is 4. The van der Waals surface area contributed by atoms with Crippen molar-refractivity contribution in [2.45, 2.75) is 26.3 Å². The van der Waals surface area contributed by atoms with Gasteiger partial charge in [0.2, 0.25) is 5.91 Å². The molecule has 0 radical (unpaired) electrons. The number of amides is 1. The summed E-state index contributed by atoms with van der Waals surface area (Å²) in [5.74, 6) is 0.291. The van der Waals surface area contributed by atoms with Crippen molar-refractivity contribution in [1.82, 2.24) is 15.2 Å². The van der Waals surface area contributed by atoms with Gasteiger partial charge in [-0.1, -0.05) is 0 Å². The van der Waals surface area contributed by atoms with E-state index in [2.05, 4.69) is 15.7 Å². The van der Waals surface area contributed by atoms with Crippen LogP contribution in [0.2, 0.25) is 0 Å². The molecule has 0 aliphatic carbocycles. The van der Waals surface area contributed by atoms with Gasteiger partial charge in [-0.05, 0) is 19.9 Å². The summed E-state index contributed by atoms with van der Waals surface area (Å²) in [4.78, 5) is 18.4. The van der Waals surface area contributed by atoms with Crippen LogP contribution in [0, 0.1) is 12.3 Å². The normalized spacial score (nSPS) is 28.5. The van der Waals surface area contributed by atoms with E-state index >= 15 is 0 Å². The van der Waals surface area contributed by atoms with Gasteiger partial charge in [0, 0.05) is 30.3 Å². The average Bonchev–Trinajstić information content (AvgIpc) is 2.94. The molecule has 4 nitrogen and oxygen atoms in total. The Morgan fingerprint density at radius 1 is 1.65 bits per heavy atom. The predicted octanol–water partition coefficient (Wildman–Crippen LogP) is 1.16. The molecule has 2 saturated heterocycles. The minimum absolute atomic E-state index is 0.210. The molecular formula is C12H17N3OS. The van der Waals surface area contributed by atoms with Gasteiger partial charge in [0.25, 0.3) is 0 Å². The van der Waals surface area contributed by atoms with Gasteiger partial charge in [0.05, 0.1) is 17.2 Å². The maximum Gasteiger partial charge on any atom is 0.223 e. The van der Waals surface area contributed by atoms with E-state index in [4.69, 9.17) is 0 Å². The van der Waals surface area contributed by atoms with E-state index in [1.54, 1.807) is 11.3 Å². The quantitative estimate of drug-likeness (QED) is 0.858. The Kier molecular flexibility index (Phi) is 2.67. The van der Waals surface area contributed by atoms with E-state index in [1.807, 2.05) is 11.8 Å². The van der Waals surface area contributed by atoms with E-state index in [0.717, 1.165) is 36.8 Å². The molecule has 0 aromatic carbocycles. The highest BCUT2D eigenvalue weighted by molar-refractivity contribution is 7.09. The van der Waals surface area contributed by atoms with Crippen LogP contribution in [-0.2, 0) is 11.3 Å². The molecule has 2 aliphatic rings. The van der Waals surface area contributed by atoms with Crippen LogP contribution in [-0.4, -0.2) is 35.4 Å². The second-order valence-corrected chi connectivity index (χ2v) is 6.27. The van der Waals surface area contributed by atoms with Crippen LogP contribution in [0.15, 0.2) is 5.38 Å². The van der Waals surface area contributed by atoms with E-state index in [1.165, 1.54) is 0 Å². The average molecular weight is 251 g/mol. The smallest absolute Gasteiger partial charge is 0.223 e. The highest BCUT2D eigenvalue weighted by Crippen LogP contribution is 2.37. The zero-order valence-electron chi connectivity index (χ0n) is 10.0. The summed E-state index contributed by atoms with van der Waals surface area (Å²) < 4.78 is 0. The molecule has 1 atom stereocenters. The van der Waals surface area contributed by atoms with Gasteiger partial charge in [0.15, 0.2) is 0 Å². The van der Waals surface area contributed by atoms with Gasteiger partial charge in [-0.3, -0.25) is 4.79 Å². The number of aromatic nitrogens is 1. The molecule has 0 unspecified atom stereocenters. The standard InChI is InChI=1S/C12H17N3OS/c1-9-14-10(6-17-9)5-15-8-12(4-11(15)16)2-3-13-7-12/h6,13H,2-5,7-8H2,1H3/t12-/m0/s1. The molecule has 0 bridgehead atoms. The second-order valence-electron chi connectivity index (χ2n) is 5.21. The first-order chi connectivity index (χ1) is 8.17. The number of thiazole rings is 1. The number of carbonyl (C=O) groups is 1. The lowest BCUT2D eigenvalue weighted by Gasteiger charge is -2.21. The number of aryl methyl sites for hydroxylation is 1. The van der Waals surface area contributed by atoms with E-state index in [0.29, 0.717) is 18.9 Å². The van der Waals surface area contributed by atoms with E-state index in [-0.39, 0.29) is 5.41 Å². The van der Waals surface area contributed by atoms with Crippen molar-refractivity contribution in [2.24, 2.45) is 5.41 Å². The maximum absolute atomic E-state index is 12.0. The summed E-state index contributed by atoms with van der Waals surface area (Å²) >= 11 is 1.65. The molecule has 1 aromatic rings. The molecule has 1 N–H and O–H groups in total. The predicted molar refractivity (Wildman–Crippen MR) is 66.8 cm³/mol. The highest BCUT2D eigenvalue weighted by atomic mass is 32.1. The van der Waals surface area contributed by atoms with Crippen LogP contribution in [0.5, 0.6) is 0 Å². The van der Waals surface area contributed by atoms with Crippen molar-refractivity contribution in [2.75, 3.05) is 19.6 Å². The number of nitrogens with one attached hydrogen (secondary N) is 1. The first kappa shape index (κ1) is 11.2. The molecule has 1 amide bonds. The van der Waals surface area contributed by atoms with Gasteiger partial charge >= 0.3 is 0 Å². The fourth-order valence-electron chi connectivity index (χ4n) is 2.88. The fourth-order valence-corrected chi connectivity index (χ4v) is 3.49. The van der Waals surface area contributed by atoms with Gasteiger partial charge < -0.3 is 10.2 Å². The van der Waals surface area contributed by atoms with Crippen molar-refractivity contribution < 1.29 is 4.79 Å². The van der Waals surface area contributed by atoms with Crippen LogP contribution < -0.4 is 5.32 Å². The van der Waals surface area contributed by atoms with E-state index < -0.39 is 0 Å². The van der Waals surface area contributed by atoms with Crippen LogP contribution in [0.3, 0.4) is 0 Å². The monoisotopic (exact) mass is 251 g/mol. The molecule has 3 heterocycles. The minimum atomic E-state index is 0.210. The molecule has 17 heavy (non-hydrogen) atoms. The Hall–Kier alpha value is -0.940. The van der Waals surface area contributed by atoms with Gasteiger partial charge in [-0.15, -0.1) is 11.3 Å². The fraction of sp³-hybridized carbons (Fsp3) is 0.667. The first-order valence-corrected chi connectivity index (χ1v) is 6.94. The zero-order valence-corrected chi connectivity index (χ0v) is 10.8. The van der Waals surface area contributed by atoms with Gasteiger partial charge in [-0.2, -0.15) is 0 Å². The number of rotatable bonds is 2. The third kappa shape index (κ3) is 2.09. The Bertz CT molecular complexity index is 437. The molecule has 92 valence electrons. The number of hydrogen-bond donors (Lipinski definition) is 1. The molecule has 3 rings (SSSR count). The Morgan fingerprint density at radius 2 is 2.53 bits per heavy atom. The van der Waals surface area contributed by atoms with Crippen molar-refractivity contribution in [3.8, 4) is 0 Å². The molecule has 5 heteroatoms. The molecule has 2 fully saturated rings. The van der Waals surface area contributed by atoms with Crippen LogP contribution >= 0.6 is 11.3 Å². The number of likely N-dealkylation sites (tertiary alicyclic amines) is 1. The Labute approximate surface area is 105 Å². The molecule has 1 aromatic heterocycles. The first-order valence-electron chi connectivity index (χ1n) is 6.06. The summed E-state index contributed by atoms with van der Waals surface area (Å²) in [6.45, 7) is 5.63. The van der Waals surface area contributed by atoms with Crippen molar-refractivity contribution in [1.29, 1.82) is 0 Å². The van der Waals surface area contributed by atoms with Crippen molar-refractivity contribution in [3.05, 3.63) is 16.1 Å². The molecule has 2 aliphatic heterocycles. The Morgan fingerprint density at radius 3 is 3.18 bits per heavy atom. The summed E-state index contributed by atoms with van der Waals surface area (Å²) in [6.07, 6.45) is 1.84. The minimum Gasteiger partial charge on any atom is -0.336 e. The number of nitrogens with zero attached hydrogens (tertiary/aromatic N) is 2. The third-order valence-corrected chi connectivity index (χ3v) is 4.58. The third-order valence-electron chi connectivity index (χ3n) is 3.76. The molecule has 1 spiro atoms. The summed E-state index contributed by atoms with van der Waals surface area (Å²) in [5, 5.41) is 6.50. The van der Waals surface area contributed by atoms with E-state index in [9.17, 15) is 4.79 Å². The maximum atomic E-state index is 12.0. The zero-order chi connectivity index (χ0) is 11.9. The van der Waals surface area contributed by atoms with Crippen LogP contribution in [0.1, 0.15) is 23.5 Å². The molecule has 0 saturated carbocycles. The SMILES string of the molecule is Cc1nc(CN2C[C@@]3(CCNC3)CC2=O)cs1. The summed E-state index contributed by atoms with van der Waals surface area (Å²) in [6, 6.07) is 0. The molecular weight excluding hydrogens is 234 g/mol. The lowest BCUT2D eigenvalue weighted by molar-refractivity contribution is -0.128. The summed E-state index contributed by atoms with van der Waals surface area (Å²) in [5.41, 5.74) is 1.24. The lowest BCUT2D eigenvalue weighted by Crippen LogP contribution is -2.29. The topological polar surface area (TPSA) is 45.2 Å².